The Balaban J connectivity index is 1.66. The molecule has 3 rings (SSSR count). The number of para-hydroxylation sites is 1. The molecule has 0 radical (unpaired) electrons. The summed E-state index contributed by atoms with van der Waals surface area (Å²) < 4.78 is 5.53. The van der Waals surface area contributed by atoms with Gasteiger partial charge in [-0.25, -0.2) is 4.98 Å². The van der Waals surface area contributed by atoms with Crippen molar-refractivity contribution in [3.8, 4) is 0 Å². The van der Waals surface area contributed by atoms with E-state index in [1.165, 1.54) is 11.8 Å². The van der Waals surface area contributed by atoms with Crippen LogP contribution >= 0.6 is 46.6 Å². The van der Waals surface area contributed by atoms with E-state index in [0.717, 1.165) is 0 Å². The van der Waals surface area contributed by atoms with Gasteiger partial charge in [-0.15, -0.1) is 0 Å². The zero-order valence-electron chi connectivity index (χ0n) is 11.5. The number of fused-ring (bicyclic) bond motifs is 1. The number of hydrogen-bond donors (Lipinski definition) is 1. The minimum absolute atomic E-state index is 0.113. The third-order valence-corrected chi connectivity index (χ3v) is 4.58. The first kappa shape index (κ1) is 16.5. The summed E-state index contributed by atoms with van der Waals surface area (Å²) in [5.74, 6) is -0.146. The Morgan fingerprint density at radius 1 is 1.17 bits per heavy atom. The summed E-state index contributed by atoms with van der Waals surface area (Å²) in [5.41, 5.74) is 1.66. The molecule has 0 unspecified atom stereocenters. The van der Waals surface area contributed by atoms with Crippen LogP contribution < -0.4 is 5.32 Å². The van der Waals surface area contributed by atoms with Gasteiger partial charge in [-0.05, 0) is 24.3 Å². The molecule has 1 N–H and O–H groups in total. The average molecular weight is 388 g/mol. The molecule has 0 saturated carbocycles. The first-order valence-corrected chi connectivity index (χ1v) is 8.57. The lowest BCUT2D eigenvalue weighted by atomic mass is 10.3. The fourth-order valence-electron chi connectivity index (χ4n) is 1.86. The van der Waals surface area contributed by atoms with Crippen molar-refractivity contribution in [3.63, 3.8) is 0 Å². The van der Waals surface area contributed by atoms with Crippen LogP contribution in [0.15, 0.2) is 46.0 Å². The number of halogens is 3. The maximum absolute atomic E-state index is 12.0. The molecule has 0 bridgehead atoms. The third-order valence-electron chi connectivity index (χ3n) is 2.88. The van der Waals surface area contributed by atoms with Crippen molar-refractivity contribution >= 4 is 69.3 Å². The summed E-state index contributed by atoms with van der Waals surface area (Å²) in [6.45, 7) is 0. The number of rotatable bonds is 4. The summed E-state index contributed by atoms with van der Waals surface area (Å²) in [7, 11) is 0. The van der Waals surface area contributed by atoms with Crippen molar-refractivity contribution in [1.82, 2.24) is 4.98 Å². The van der Waals surface area contributed by atoms with Crippen LogP contribution in [0.3, 0.4) is 0 Å². The SMILES string of the molecule is O=C(CSc1nc2ccc(Cl)cc2o1)Nc1c(Cl)cccc1Cl. The monoisotopic (exact) mass is 386 g/mol. The molecule has 2 aromatic carbocycles. The van der Waals surface area contributed by atoms with Gasteiger partial charge in [0.15, 0.2) is 5.58 Å². The van der Waals surface area contributed by atoms with Gasteiger partial charge >= 0.3 is 0 Å². The Kier molecular flexibility index (Phi) is 5.02. The standard InChI is InChI=1S/C15H9Cl3N2O2S/c16-8-4-5-11-12(6-8)22-15(19-11)23-7-13(21)20-14-9(17)2-1-3-10(14)18/h1-6H,7H2,(H,20,21). The molecule has 4 nitrogen and oxygen atoms in total. The van der Waals surface area contributed by atoms with Crippen LogP contribution in [0.5, 0.6) is 0 Å². The molecule has 0 aliphatic carbocycles. The molecule has 1 amide bonds. The second-order valence-electron chi connectivity index (χ2n) is 4.53. The number of oxazole rings is 1. The molecule has 0 saturated heterocycles. The summed E-state index contributed by atoms with van der Waals surface area (Å²) in [6, 6.07) is 10.2. The maximum Gasteiger partial charge on any atom is 0.257 e. The lowest BCUT2D eigenvalue weighted by molar-refractivity contribution is -0.113. The van der Waals surface area contributed by atoms with Crippen LogP contribution in [-0.2, 0) is 4.79 Å². The number of aromatic nitrogens is 1. The number of carbonyl (C=O) groups excluding carboxylic acids is 1. The van der Waals surface area contributed by atoms with Crippen LogP contribution in [-0.4, -0.2) is 16.6 Å². The summed E-state index contributed by atoms with van der Waals surface area (Å²) in [4.78, 5) is 16.3. The second kappa shape index (κ2) is 7.01. The van der Waals surface area contributed by atoms with Gasteiger partial charge in [0.2, 0.25) is 5.91 Å². The topological polar surface area (TPSA) is 55.1 Å². The first-order valence-electron chi connectivity index (χ1n) is 6.45. The van der Waals surface area contributed by atoms with Gasteiger partial charge < -0.3 is 9.73 Å². The quantitative estimate of drug-likeness (QED) is 0.599. The molecule has 0 aliphatic rings. The van der Waals surface area contributed by atoms with Crippen LogP contribution in [0.2, 0.25) is 15.1 Å². The number of thioether (sulfide) groups is 1. The number of nitrogens with one attached hydrogen (secondary N) is 1. The molecule has 0 aliphatic heterocycles. The lowest BCUT2D eigenvalue weighted by Gasteiger charge is -2.08. The number of nitrogens with zero attached hydrogens (tertiary/aromatic N) is 1. The molecule has 8 heteroatoms. The smallest absolute Gasteiger partial charge is 0.257 e. The summed E-state index contributed by atoms with van der Waals surface area (Å²) >= 11 is 19.1. The van der Waals surface area contributed by atoms with Crippen LogP contribution in [0.4, 0.5) is 5.69 Å². The minimum Gasteiger partial charge on any atom is -0.431 e. The van der Waals surface area contributed by atoms with E-state index < -0.39 is 0 Å². The number of hydrogen-bond acceptors (Lipinski definition) is 4. The van der Waals surface area contributed by atoms with Gasteiger partial charge in [0.05, 0.1) is 21.5 Å². The van der Waals surface area contributed by atoms with E-state index in [1.54, 1.807) is 36.4 Å². The second-order valence-corrected chi connectivity index (χ2v) is 6.70. The highest BCUT2D eigenvalue weighted by molar-refractivity contribution is 7.99. The molecule has 0 fully saturated rings. The Labute approximate surface area is 151 Å². The van der Waals surface area contributed by atoms with E-state index in [0.29, 0.717) is 37.1 Å². The fraction of sp³-hybridized carbons (Fsp3) is 0.0667. The summed E-state index contributed by atoms with van der Waals surface area (Å²) in [5, 5.41) is 4.40. The maximum atomic E-state index is 12.0. The number of carbonyl (C=O) groups is 1. The molecule has 3 aromatic rings. The number of benzene rings is 2. The highest BCUT2D eigenvalue weighted by Gasteiger charge is 2.12. The van der Waals surface area contributed by atoms with Crippen molar-refractivity contribution in [1.29, 1.82) is 0 Å². The van der Waals surface area contributed by atoms with E-state index >= 15 is 0 Å². The molecule has 0 spiro atoms. The van der Waals surface area contributed by atoms with E-state index in [9.17, 15) is 4.79 Å². The Morgan fingerprint density at radius 2 is 1.91 bits per heavy atom. The zero-order valence-corrected chi connectivity index (χ0v) is 14.6. The minimum atomic E-state index is -0.259. The normalized spacial score (nSPS) is 10.9. The largest absolute Gasteiger partial charge is 0.431 e. The predicted molar refractivity (Wildman–Crippen MR) is 94.8 cm³/mol. The Bertz CT molecular complexity index is 862. The van der Waals surface area contributed by atoms with Crippen LogP contribution in [0.25, 0.3) is 11.1 Å². The van der Waals surface area contributed by atoms with Crippen LogP contribution in [0, 0.1) is 0 Å². The average Bonchev–Trinajstić information content (AvgIpc) is 2.91. The first-order chi connectivity index (χ1) is 11.0. The van der Waals surface area contributed by atoms with Gasteiger partial charge in [0.25, 0.3) is 5.22 Å². The third kappa shape index (κ3) is 3.93. The fourth-order valence-corrected chi connectivity index (χ4v) is 3.15. The molecule has 23 heavy (non-hydrogen) atoms. The van der Waals surface area contributed by atoms with Crippen molar-refractivity contribution in [2.45, 2.75) is 5.22 Å². The highest BCUT2D eigenvalue weighted by Crippen LogP contribution is 2.30. The zero-order chi connectivity index (χ0) is 16.4. The highest BCUT2D eigenvalue weighted by atomic mass is 35.5. The number of amides is 1. The van der Waals surface area contributed by atoms with E-state index in [-0.39, 0.29) is 11.7 Å². The molecule has 118 valence electrons. The molecule has 1 aromatic heterocycles. The molecule has 1 heterocycles. The Hall–Kier alpha value is -1.40. The van der Waals surface area contributed by atoms with Crippen molar-refractivity contribution in [2.75, 3.05) is 11.1 Å². The van der Waals surface area contributed by atoms with Gasteiger partial charge in [0.1, 0.15) is 5.52 Å². The lowest BCUT2D eigenvalue weighted by Crippen LogP contribution is -2.14. The van der Waals surface area contributed by atoms with Gasteiger partial charge in [0, 0.05) is 11.1 Å². The molecular formula is C15H9Cl3N2O2S. The predicted octanol–water partition coefficient (Wildman–Crippen LogP) is 5.52. The van der Waals surface area contributed by atoms with E-state index in [1.807, 2.05) is 0 Å². The number of anilines is 1. The Morgan fingerprint density at radius 3 is 2.65 bits per heavy atom. The van der Waals surface area contributed by atoms with Gasteiger partial charge in [-0.1, -0.05) is 52.6 Å². The van der Waals surface area contributed by atoms with Gasteiger partial charge in [-0.3, -0.25) is 4.79 Å². The van der Waals surface area contributed by atoms with Crippen molar-refractivity contribution in [3.05, 3.63) is 51.5 Å². The van der Waals surface area contributed by atoms with Crippen molar-refractivity contribution < 1.29 is 9.21 Å². The van der Waals surface area contributed by atoms with Crippen LogP contribution in [0.1, 0.15) is 0 Å². The van der Waals surface area contributed by atoms with E-state index in [4.69, 9.17) is 39.2 Å². The molecule has 0 atom stereocenters. The van der Waals surface area contributed by atoms with E-state index in [2.05, 4.69) is 10.3 Å². The molecular weight excluding hydrogens is 379 g/mol. The summed E-state index contributed by atoms with van der Waals surface area (Å²) in [6.07, 6.45) is 0. The van der Waals surface area contributed by atoms with Crippen molar-refractivity contribution in [2.24, 2.45) is 0 Å². The van der Waals surface area contributed by atoms with Gasteiger partial charge in [-0.2, -0.15) is 0 Å².